The molecule has 0 fully saturated rings. The smallest absolute Gasteiger partial charge is 0.258 e. The van der Waals surface area contributed by atoms with Gasteiger partial charge in [0.05, 0.1) is 9.40 Å². The van der Waals surface area contributed by atoms with Gasteiger partial charge in [-0.15, -0.1) is 0 Å². The molecule has 1 aromatic rings. The summed E-state index contributed by atoms with van der Waals surface area (Å²) in [5.41, 5.74) is 0.904. The Labute approximate surface area is 98.2 Å². The lowest BCUT2D eigenvalue weighted by Crippen LogP contribution is -1.89. The molecule has 0 unspecified atom stereocenters. The van der Waals surface area contributed by atoms with Gasteiger partial charge in [0.15, 0.2) is 0 Å². The van der Waals surface area contributed by atoms with Gasteiger partial charge in [0.1, 0.15) is 0 Å². The summed E-state index contributed by atoms with van der Waals surface area (Å²) in [5, 5.41) is 11.3. The molecule has 0 spiro atoms. The van der Waals surface area contributed by atoms with E-state index >= 15 is 0 Å². The summed E-state index contributed by atoms with van der Waals surface area (Å²) in [7, 11) is 0. The SMILES string of the molecule is O=[N+]([O-])c1cc(/C=C/CBr)ccc1Br. The third-order valence-corrected chi connectivity index (χ3v) is 2.61. The summed E-state index contributed by atoms with van der Waals surface area (Å²) in [4.78, 5) is 10.2. The summed E-state index contributed by atoms with van der Waals surface area (Å²) < 4.78 is 0.499. The summed E-state index contributed by atoms with van der Waals surface area (Å²) in [6.45, 7) is 0. The topological polar surface area (TPSA) is 43.1 Å². The summed E-state index contributed by atoms with van der Waals surface area (Å²) in [5.74, 6) is 0. The molecule has 0 aromatic heterocycles. The van der Waals surface area contributed by atoms with E-state index < -0.39 is 4.92 Å². The molecule has 0 amide bonds. The summed E-state index contributed by atoms with van der Waals surface area (Å²) in [6.07, 6.45) is 3.71. The lowest BCUT2D eigenvalue weighted by Gasteiger charge is -1.96. The first-order chi connectivity index (χ1) is 6.65. The number of benzene rings is 1. The first-order valence-corrected chi connectivity index (χ1v) is 5.73. The lowest BCUT2D eigenvalue weighted by molar-refractivity contribution is -0.385. The summed E-state index contributed by atoms with van der Waals surface area (Å²) >= 11 is 6.36. The standard InChI is InChI=1S/C9H7Br2NO2/c10-5-1-2-7-3-4-8(11)9(6-7)12(13)14/h1-4,6H,5H2/b2-1+. The molecule has 1 aromatic carbocycles. The molecule has 74 valence electrons. The Kier molecular flexibility index (Phi) is 4.28. The van der Waals surface area contributed by atoms with Crippen molar-refractivity contribution < 1.29 is 4.92 Å². The molecule has 0 aliphatic carbocycles. The summed E-state index contributed by atoms with van der Waals surface area (Å²) in [6, 6.07) is 5.02. The molecule has 0 atom stereocenters. The average molecular weight is 321 g/mol. The Morgan fingerprint density at radius 3 is 2.79 bits per heavy atom. The molecule has 0 aliphatic heterocycles. The first kappa shape index (κ1) is 11.4. The van der Waals surface area contributed by atoms with Crippen LogP contribution in [0.25, 0.3) is 6.08 Å². The van der Waals surface area contributed by atoms with Crippen LogP contribution in [0.15, 0.2) is 28.7 Å². The van der Waals surface area contributed by atoms with E-state index in [1.54, 1.807) is 6.07 Å². The molecule has 0 saturated carbocycles. The molecule has 14 heavy (non-hydrogen) atoms. The minimum absolute atomic E-state index is 0.0849. The molecular weight excluding hydrogens is 314 g/mol. The zero-order valence-electron chi connectivity index (χ0n) is 7.11. The van der Waals surface area contributed by atoms with Gasteiger partial charge in [-0.3, -0.25) is 10.1 Å². The highest BCUT2D eigenvalue weighted by Crippen LogP contribution is 2.25. The van der Waals surface area contributed by atoms with E-state index in [0.29, 0.717) is 4.47 Å². The average Bonchev–Trinajstić information content (AvgIpc) is 2.16. The van der Waals surface area contributed by atoms with Crippen LogP contribution in [-0.4, -0.2) is 10.3 Å². The van der Waals surface area contributed by atoms with Crippen molar-refractivity contribution >= 4 is 43.6 Å². The fourth-order valence-electron chi connectivity index (χ4n) is 0.954. The van der Waals surface area contributed by atoms with Crippen LogP contribution in [-0.2, 0) is 0 Å². The number of alkyl halides is 1. The van der Waals surface area contributed by atoms with Gasteiger partial charge in [0.2, 0.25) is 0 Å². The predicted molar refractivity (Wildman–Crippen MR) is 63.6 cm³/mol. The van der Waals surface area contributed by atoms with Gasteiger partial charge in [0, 0.05) is 11.4 Å². The fourth-order valence-corrected chi connectivity index (χ4v) is 1.53. The number of nitrogens with zero attached hydrogens (tertiary/aromatic N) is 1. The van der Waals surface area contributed by atoms with Crippen molar-refractivity contribution in [2.45, 2.75) is 0 Å². The van der Waals surface area contributed by atoms with Crippen LogP contribution in [0.2, 0.25) is 0 Å². The molecular formula is C9H7Br2NO2. The number of rotatable bonds is 3. The molecule has 0 radical (unpaired) electrons. The molecule has 0 aliphatic rings. The highest BCUT2D eigenvalue weighted by atomic mass is 79.9. The van der Waals surface area contributed by atoms with Crippen molar-refractivity contribution in [2.24, 2.45) is 0 Å². The van der Waals surface area contributed by atoms with Crippen LogP contribution in [0.4, 0.5) is 5.69 Å². The number of nitro groups is 1. The highest BCUT2D eigenvalue weighted by Gasteiger charge is 2.10. The maximum absolute atomic E-state index is 10.6. The molecule has 1 rings (SSSR count). The van der Waals surface area contributed by atoms with Crippen LogP contribution in [0.3, 0.4) is 0 Å². The number of halogens is 2. The van der Waals surface area contributed by atoms with E-state index in [2.05, 4.69) is 31.9 Å². The van der Waals surface area contributed by atoms with Crippen LogP contribution in [0.5, 0.6) is 0 Å². The third kappa shape index (κ3) is 2.92. The van der Waals surface area contributed by atoms with Gasteiger partial charge in [-0.25, -0.2) is 0 Å². The minimum Gasteiger partial charge on any atom is -0.258 e. The second-order valence-corrected chi connectivity index (χ2v) is 4.03. The van der Waals surface area contributed by atoms with E-state index in [1.165, 1.54) is 6.07 Å². The zero-order valence-corrected chi connectivity index (χ0v) is 10.3. The predicted octanol–water partition coefficient (Wildman–Crippen LogP) is 3.77. The minimum atomic E-state index is -0.407. The van der Waals surface area contributed by atoms with Crippen LogP contribution in [0, 0.1) is 10.1 Å². The Bertz CT molecular complexity index is 377. The molecule has 0 heterocycles. The third-order valence-electron chi connectivity index (χ3n) is 1.57. The number of hydrogen-bond donors (Lipinski definition) is 0. The van der Waals surface area contributed by atoms with Crippen LogP contribution in [0.1, 0.15) is 5.56 Å². The van der Waals surface area contributed by atoms with Crippen molar-refractivity contribution in [1.29, 1.82) is 0 Å². The van der Waals surface area contributed by atoms with Crippen molar-refractivity contribution in [2.75, 3.05) is 5.33 Å². The number of allylic oxidation sites excluding steroid dienone is 1. The molecule has 3 nitrogen and oxygen atoms in total. The van der Waals surface area contributed by atoms with Crippen molar-refractivity contribution in [3.05, 3.63) is 44.4 Å². The molecule has 0 bridgehead atoms. The lowest BCUT2D eigenvalue weighted by atomic mass is 10.2. The molecule has 0 N–H and O–H groups in total. The largest absolute Gasteiger partial charge is 0.284 e. The van der Waals surface area contributed by atoms with E-state index in [-0.39, 0.29) is 5.69 Å². The van der Waals surface area contributed by atoms with Gasteiger partial charge in [-0.1, -0.05) is 34.1 Å². The van der Waals surface area contributed by atoms with Crippen LogP contribution < -0.4 is 0 Å². The second-order valence-electron chi connectivity index (χ2n) is 2.52. The quantitative estimate of drug-likeness (QED) is 0.483. The van der Waals surface area contributed by atoms with Crippen molar-refractivity contribution in [3.63, 3.8) is 0 Å². The normalized spacial score (nSPS) is 10.7. The van der Waals surface area contributed by atoms with Gasteiger partial charge in [-0.2, -0.15) is 0 Å². The maximum Gasteiger partial charge on any atom is 0.284 e. The monoisotopic (exact) mass is 319 g/mol. The first-order valence-electron chi connectivity index (χ1n) is 3.81. The van der Waals surface area contributed by atoms with Crippen molar-refractivity contribution in [3.8, 4) is 0 Å². The molecule has 0 saturated heterocycles. The van der Waals surface area contributed by atoms with Gasteiger partial charge < -0.3 is 0 Å². The van der Waals surface area contributed by atoms with E-state index in [0.717, 1.165) is 10.9 Å². The van der Waals surface area contributed by atoms with E-state index in [9.17, 15) is 10.1 Å². The Morgan fingerprint density at radius 2 is 2.21 bits per heavy atom. The maximum atomic E-state index is 10.6. The zero-order chi connectivity index (χ0) is 10.6. The Balaban J connectivity index is 3.06. The van der Waals surface area contributed by atoms with Gasteiger partial charge in [-0.05, 0) is 27.6 Å². The van der Waals surface area contributed by atoms with Crippen molar-refractivity contribution in [1.82, 2.24) is 0 Å². The number of nitro benzene ring substituents is 1. The van der Waals surface area contributed by atoms with Gasteiger partial charge >= 0.3 is 0 Å². The van der Waals surface area contributed by atoms with E-state index in [1.807, 2.05) is 18.2 Å². The fraction of sp³-hybridized carbons (Fsp3) is 0.111. The molecule has 5 heteroatoms. The Morgan fingerprint density at radius 1 is 1.50 bits per heavy atom. The Hall–Kier alpha value is -0.680. The highest BCUT2D eigenvalue weighted by molar-refractivity contribution is 9.10. The van der Waals surface area contributed by atoms with E-state index in [4.69, 9.17) is 0 Å². The number of hydrogen-bond acceptors (Lipinski definition) is 2. The van der Waals surface area contributed by atoms with Gasteiger partial charge in [0.25, 0.3) is 5.69 Å². The van der Waals surface area contributed by atoms with Crippen LogP contribution >= 0.6 is 31.9 Å². The second kappa shape index (κ2) is 5.26.